The van der Waals surface area contributed by atoms with Crippen molar-refractivity contribution in [1.29, 1.82) is 0 Å². The Morgan fingerprint density at radius 1 is 1.24 bits per heavy atom. The first-order valence-corrected chi connectivity index (χ1v) is 7.49. The number of hydrogen-bond donors (Lipinski definition) is 0. The molecular weight excluding hydrogens is 316 g/mol. The van der Waals surface area contributed by atoms with Crippen LogP contribution in [-0.2, 0) is 18.8 Å². The van der Waals surface area contributed by atoms with E-state index in [0.29, 0.717) is 23.8 Å². The summed E-state index contributed by atoms with van der Waals surface area (Å²) in [6, 6.07) is 1.79. The van der Waals surface area contributed by atoms with Crippen molar-refractivity contribution < 1.29 is 18.8 Å². The number of pyridine rings is 1. The average Bonchev–Trinajstić information content (AvgIpc) is 2.96. The van der Waals surface area contributed by atoms with Gasteiger partial charge in [-0.15, -0.1) is 0 Å². The van der Waals surface area contributed by atoms with Crippen molar-refractivity contribution in [2.45, 2.75) is 37.7 Å². The summed E-state index contributed by atoms with van der Waals surface area (Å²) < 4.78 is 22.9. The van der Waals surface area contributed by atoms with Crippen LogP contribution in [-0.4, -0.2) is 36.0 Å². The minimum Gasteiger partial charge on any atom is -0.398 e. The summed E-state index contributed by atoms with van der Waals surface area (Å²) in [7, 11) is -0.716. The third-order valence-electron chi connectivity index (χ3n) is 3.89. The molecule has 0 bridgehead atoms. The van der Waals surface area contributed by atoms with E-state index in [-0.39, 0.29) is 0 Å². The molecule has 0 radical (unpaired) electrons. The molecule has 2 fully saturated rings. The zero-order chi connectivity index (χ0) is 15.3. The van der Waals surface area contributed by atoms with E-state index >= 15 is 0 Å². The third kappa shape index (κ3) is 2.69. The predicted octanol–water partition coefficient (Wildman–Crippen LogP) is 2.26. The molecule has 0 aromatic carbocycles. The lowest BCUT2D eigenvalue weighted by molar-refractivity contribution is -0.0435. The maximum Gasteiger partial charge on any atom is 0.499 e. The van der Waals surface area contributed by atoms with Crippen LogP contribution in [0.5, 0.6) is 0 Å². The van der Waals surface area contributed by atoms with E-state index in [1.807, 2.05) is 13.8 Å². The summed E-state index contributed by atoms with van der Waals surface area (Å²) in [5.41, 5.74) is 0.679. The Kier molecular flexibility index (Phi) is 3.97. The van der Waals surface area contributed by atoms with Crippen molar-refractivity contribution in [2.24, 2.45) is 0 Å². The quantitative estimate of drug-likeness (QED) is 0.472. The monoisotopic (exact) mass is 331 g/mol. The SMILES string of the molecule is CC1(C)OB(c2c(C3OCCO3)ccnc2Cl)OC1(C)Cl. The van der Waals surface area contributed by atoms with Crippen LogP contribution in [0.3, 0.4) is 0 Å². The summed E-state index contributed by atoms with van der Waals surface area (Å²) >= 11 is 12.6. The minimum absolute atomic E-state index is 0.293. The second-order valence-electron chi connectivity index (χ2n) is 5.67. The van der Waals surface area contributed by atoms with Gasteiger partial charge in [0.2, 0.25) is 0 Å². The van der Waals surface area contributed by atoms with Crippen LogP contribution in [0.1, 0.15) is 32.6 Å². The fourth-order valence-electron chi connectivity index (χ4n) is 2.30. The molecule has 0 N–H and O–H groups in total. The highest BCUT2D eigenvalue weighted by molar-refractivity contribution is 6.66. The Labute approximate surface area is 134 Å². The van der Waals surface area contributed by atoms with Gasteiger partial charge >= 0.3 is 7.12 Å². The van der Waals surface area contributed by atoms with Crippen molar-refractivity contribution in [3.63, 3.8) is 0 Å². The van der Waals surface area contributed by atoms with E-state index in [2.05, 4.69) is 4.98 Å². The molecule has 2 saturated heterocycles. The Bertz CT molecular complexity index is 533. The molecule has 8 heteroatoms. The zero-order valence-corrected chi connectivity index (χ0v) is 13.6. The third-order valence-corrected chi connectivity index (χ3v) is 4.74. The highest BCUT2D eigenvalue weighted by Gasteiger charge is 2.55. The molecule has 1 atom stereocenters. The molecule has 2 aliphatic heterocycles. The van der Waals surface area contributed by atoms with Crippen LogP contribution in [0, 0.1) is 0 Å². The van der Waals surface area contributed by atoms with E-state index in [4.69, 9.17) is 42.0 Å². The molecule has 114 valence electrons. The van der Waals surface area contributed by atoms with E-state index in [0.717, 1.165) is 5.56 Å². The van der Waals surface area contributed by atoms with Crippen molar-refractivity contribution in [3.05, 3.63) is 23.0 Å². The van der Waals surface area contributed by atoms with Crippen LogP contribution in [0.15, 0.2) is 12.3 Å². The van der Waals surface area contributed by atoms with Crippen LogP contribution < -0.4 is 5.46 Å². The van der Waals surface area contributed by atoms with E-state index < -0.39 is 24.1 Å². The van der Waals surface area contributed by atoms with E-state index in [1.165, 1.54) is 0 Å². The zero-order valence-electron chi connectivity index (χ0n) is 12.1. The predicted molar refractivity (Wildman–Crippen MR) is 79.8 cm³/mol. The van der Waals surface area contributed by atoms with E-state index in [1.54, 1.807) is 19.2 Å². The summed E-state index contributed by atoms with van der Waals surface area (Å²) in [6.07, 6.45) is 1.12. The van der Waals surface area contributed by atoms with Crippen molar-refractivity contribution in [1.82, 2.24) is 4.98 Å². The first-order chi connectivity index (χ1) is 9.82. The number of ether oxygens (including phenoxy) is 2. The van der Waals surface area contributed by atoms with Gasteiger partial charge in [-0.1, -0.05) is 23.2 Å². The Morgan fingerprint density at radius 3 is 2.48 bits per heavy atom. The second-order valence-corrected chi connectivity index (χ2v) is 6.75. The van der Waals surface area contributed by atoms with Crippen LogP contribution >= 0.6 is 23.2 Å². The molecule has 1 aromatic rings. The molecule has 1 unspecified atom stereocenters. The van der Waals surface area contributed by atoms with Gasteiger partial charge in [-0.25, -0.2) is 4.98 Å². The molecule has 5 nitrogen and oxygen atoms in total. The standard InChI is InChI=1S/C13H16BCl2NO4/c1-12(2)13(3,16)21-14(20-12)9-8(4-5-17-10(9)15)11-18-6-7-19-11/h4-5,11H,6-7H2,1-3H3. The number of nitrogens with zero attached hydrogens (tertiary/aromatic N) is 1. The van der Waals surface area contributed by atoms with Gasteiger partial charge in [0.1, 0.15) is 5.15 Å². The molecule has 0 saturated carbocycles. The summed E-state index contributed by atoms with van der Waals surface area (Å²) in [6.45, 7) is 6.57. The second kappa shape index (κ2) is 5.37. The molecular formula is C13H16BCl2NO4. The molecule has 1 aromatic heterocycles. The number of rotatable bonds is 2. The summed E-state index contributed by atoms with van der Waals surface area (Å²) in [4.78, 5) is 4.10. The molecule has 0 amide bonds. The number of alkyl halides is 1. The minimum atomic E-state index is -0.967. The highest BCUT2D eigenvalue weighted by Crippen LogP contribution is 2.41. The van der Waals surface area contributed by atoms with Crippen molar-refractivity contribution >= 4 is 35.8 Å². The van der Waals surface area contributed by atoms with Crippen LogP contribution in [0.25, 0.3) is 0 Å². The Morgan fingerprint density at radius 2 is 1.90 bits per heavy atom. The van der Waals surface area contributed by atoms with E-state index in [9.17, 15) is 0 Å². The molecule has 21 heavy (non-hydrogen) atoms. The topological polar surface area (TPSA) is 49.8 Å². The highest BCUT2D eigenvalue weighted by atomic mass is 35.5. The lowest BCUT2D eigenvalue weighted by Gasteiger charge is -2.29. The molecule has 3 rings (SSSR count). The normalized spacial score (nSPS) is 29.3. The number of aromatic nitrogens is 1. The Balaban J connectivity index is 1.99. The lowest BCUT2D eigenvalue weighted by atomic mass is 9.77. The van der Waals surface area contributed by atoms with Gasteiger partial charge in [0, 0.05) is 17.2 Å². The first-order valence-electron chi connectivity index (χ1n) is 6.74. The van der Waals surface area contributed by atoms with Crippen molar-refractivity contribution in [2.75, 3.05) is 13.2 Å². The molecule has 0 spiro atoms. The summed E-state index contributed by atoms with van der Waals surface area (Å²) in [5, 5.41) is -0.673. The maximum absolute atomic E-state index is 6.40. The van der Waals surface area contributed by atoms with Crippen LogP contribution in [0.4, 0.5) is 0 Å². The molecule has 3 heterocycles. The first kappa shape index (κ1) is 15.5. The number of hydrogen-bond acceptors (Lipinski definition) is 5. The molecule has 0 aliphatic carbocycles. The fourth-order valence-corrected chi connectivity index (χ4v) is 2.68. The van der Waals surface area contributed by atoms with Gasteiger partial charge in [-0.3, -0.25) is 0 Å². The van der Waals surface area contributed by atoms with Gasteiger partial charge in [-0.2, -0.15) is 0 Å². The van der Waals surface area contributed by atoms with Gasteiger partial charge in [-0.05, 0) is 26.8 Å². The van der Waals surface area contributed by atoms with Crippen molar-refractivity contribution in [3.8, 4) is 0 Å². The van der Waals surface area contributed by atoms with Gasteiger partial charge in [0.15, 0.2) is 11.4 Å². The lowest BCUT2D eigenvalue weighted by Crippen LogP contribution is -2.39. The average molecular weight is 332 g/mol. The van der Waals surface area contributed by atoms with Gasteiger partial charge in [0.25, 0.3) is 0 Å². The van der Waals surface area contributed by atoms with Crippen LogP contribution in [0.2, 0.25) is 5.15 Å². The maximum atomic E-state index is 6.40. The largest absolute Gasteiger partial charge is 0.499 e. The number of halogens is 2. The van der Waals surface area contributed by atoms with Gasteiger partial charge in [0.05, 0.1) is 18.8 Å². The van der Waals surface area contributed by atoms with Gasteiger partial charge < -0.3 is 18.8 Å². The summed E-state index contributed by atoms with van der Waals surface area (Å²) in [5.74, 6) is 0. The molecule has 2 aliphatic rings. The Hall–Kier alpha value is -0.365. The fraction of sp³-hybridized carbons (Fsp3) is 0.615. The smallest absolute Gasteiger partial charge is 0.398 e.